The summed E-state index contributed by atoms with van der Waals surface area (Å²) in [6, 6.07) is 14.0. The maximum absolute atomic E-state index is 14.0. The van der Waals surface area contributed by atoms with Gasteiger partial charge < -0.3 is 20.5 Å². The Morgan fingerprint density at radius 1 is 0.902 bits per heavy atom. The molecular formula is C31H34FN9. The number of nitrogens with zero attached hydrogens (tertiary/aromatic N) is 7. The van der Waals surface area contributed by atoms with E-state index in [4.69, 9.17) is 5.73 Å². The summed E-state index contributed by atoms with van der Waals surface area (Å²) in [4.78, 5) is 22.9. The first-order chi connectivity index (χ1) is 20.0. The van der Waals surface area contributed by atoms with Gasteiger partial charge in [-0.2, -0.15) is 0 Å². The van der Waals surface area contributed by atoms with E-state index in [9.17, 15) is 4.39 Å². The average Bonchev–Trinajstić information content (AvgIpc) is 3.39. The maximum Gasteiger partial charge on any atom is 0.227 e. The average molecular weight is 552 g/mol. The fraction of sp³-hybridized carbons (Fsp3) is 0.355. The van der Waals surface area contributed by atoms with Crippen LogP contribution in [-0.4, -0.2) is 73.6 Å². The minimum Gasteiger partial charge on any atom is -0.383 e. The summed E-state index contributed by atoms with van der Waals surface area (Å²) in [6.45, 7) is 4.65. The van der Waals surface area contributed by atoms with Crippen molar-refractivity contribution in [1.29, 1.82) is 0 Å². The lowest BCUT2D eigenvalue weighted by molar-refractivity contribution is 0.0828. The van der Waals surface area contributed by atoms with Crippen molar-refractivity contribution in [3.05, 3.63) is 67.0 Å². The number of aromatic nitrogens is 5. The van der Waals surface area contributed by atoms with E-state index in [1.54, 1.807) is 18.5 Å². The predicted octanol–water partition coefficient (Wildman–Crippen LogP) is 5.24. The first kappa shape index (κ1) is 25.8. The van der Waals surface area contributed by atoms with Crippen LogP contribution in [0.1, 0.15) is 31.7 Å². The summed E-state index contributed by atoms with van der Waals surface area (Å²) < 4.78 is 16.3. The van der Waals surface area contributed by atoms with Crippen LogP contribution in [0.5, 0.6) is 0 Å². The van der Waals surface area contributed by atoms with E-state index in [0.29, 0.717) is 34.8 Å². The standard InChI is InChI=1S/C31H34FN9/c1-39-13-15-40(16-14-39)22-9-11-23(12-10-22)41-18-25(28-29(33)35-19-36-30(28)41)20-5-7-21(8-6-20)37-31-34-17-24-26(32)3-2-4-27(24)38-31/h2-8,17-19,22-23H,9-16H2,1H3,(H2,33,35,36)(H,34,37,38)/t22-,23-. The Hall–Kier alpha value is -4.15. The molecule has 10 heteroatoms. The Labute approximate surface area is 238 Å². The molecule has 0 atom stereocenters. The molecule has 0 radical (unpaired) electrons. The third-order valence-corrected chi connectivity index (χ3v) is 8.78. The van der Waals surface area contributed by atoms with Crippen LogP contribution in [0.25, 0.3) is 33.1 Å². The van der Waals surface area contributed by atoms with Crippen LogP contribution in [0.3, 0.4) is 0 Å². The number of halogens is 1. The van der Waals surface area contributed by atoms with E-state index < -0.39 is 0 Å². The molecule has 7 rings (SSSR count). The van der Waals surface area contributed by atoms with Gasteiger partial charge in [-0.3, -0.25) is 4.90 Å². The third-order valence-electron chi connectivity index (χ3n) is 8.78. The number of hydrogen-bond acceptors (Lipinski definition) is 8. The normalized spacial score (nSPS) is 20.5. The second kappa shape index (κ2) is 10.7. The molecule has 0 bridgehead atoms. The molecule has 9 nitrogen and oxygen atoms in total. The molecule has 0 unspecified atom stereocenters. The smallest absolute Gasteiger partial charge is 0.227 e. The van der Waals surface area contributed by atoms with Crippen molar-refractivity contribution in [3.63, 3.8) is 0 Å². The monoisotopic (exact) mass is 551 g/mol. The van der Waals surface area contributed by atoms with Crippen molar-refractivity contribution in [3.8, 4) is 11.1 Å². The van der Waals surface area contributed by atoms with Crippen molar-refractivity contribution in [2.45, 2.75) is 37.8 Å². The van der Waals surface area contributed by atoms with Crippen molar-refractivity contribution >= 4 is 39.4 Å². The number of likely N-dealkylation sites (N-methyl/N-ethyl adjacent to an activating group) is 1. The number of piperazine rings is 1. The largest absolute Gasteiger partial charge is 0.383 e. The highest BCUT2D eigenvalue weighted by Gasteiger charge is 2.30. The van der Waals surface area contributed by atoms with Crippen LogP contribution in [-0.2, 0) is 0 Å². The van der Waals surface area contributed by atoms with E-state index >= 15 is 0 Å². The first-order valence-electron chi connectivity index (χ1n) is 14.4. The Morgan fingerprint density at radius 3 is 2.44 bits per heavy atom. The second-order valence-electron chi connectivity index (χ2n) is 11.3. The molecule has 3 N–H and O–H groups in total. The lowest BCUT2D eigenvalue weighted by Gasteiger charge is -2.41. The number of fused-ring (bicyclic) bond motifs is 2. The quantitative estimate of drug-likeness (QED) is 0.306. The number of nitrogens with one attached hydrogen (secondary N) is 1. The van der Waals surface area contributed by atoms with E-state index in [1.807, 2.05) is 12.1 Å². The zero-order valence-corrected chi connectivity index (χ0v) is 23.2. The van der Waals surface area contributed by atoms with Crippen LogP contribution in [0.4, 0.5) is 21.8 Å². The van der Waals surface area contributed by atoms with Gasteiger partial charge in [0.1, 0.15) is 23.6 Å². The molecule has 2 aliphatic rings. The molecule has 1 saturated carbocycles. The van der Waals surface area contributed by atoms with Crippen molar-refractivity contribution in [1.82, 2.24) is 34.3 Å². The van der Waals surface area contributed by atoms with Gasteiger partial charge in [-0.05, 0) is 62.6 Å². The maximum atomic E-state index is 14.0. The van der Waals surface area contributed by atoms with Gasteiger partial charge in [-0.1, -0.05) is 18.2 Å². The molecule has 1 saturated heterocycles. The van der Waals surface area contributed by atoms with Crippen molar-refractivity contribution in [2.75, 3.05) is 44.3 Å². The zero-order chi connectivity index (χ0) is 27.9. The van der Waals surface area contributed by atoms with Gasteiger partial charge >= 0.3 is 0 Å². The Bertz CT molecular complexity index is 1680. The number of benzene rings is 2. The van der Waals surface area contributed by atoms with Gasteiger partial charge in [-0.15, -0.1) is 0 Å². The molecule has 210 valence electrons. The summed E-state index contributed by atoms with van der Waals surface area (Å²) in [6.07, 6.45) is 9.94. The number of nitrogens with two attached hydrogens (primary N) is 1. The van der Waals surface area contributed by atoms with Crippen LogP contribution in [0.15, 0.2) is 61.2 Å². The van der Waals surface area contributed by atoms with Gasteiger partial charge in [-0.25, -0.2) is 24.3 Å². The SMILES string of the molecule is CN1CCN([C@H]2CC[C@H](n3cc(-c4ccc(Nc5ncc6c(F)cccc6n5)cc4)c4c(N)ncnc43)CC2)CC1. The van der Waals surface area contributed by atoms with E-state index in [2.05, 4.69) is 65.0 Å². The molecule has 1 aliphatic carbocycles. The molecule has 0 spiro atoms. The zero-order valence-electron chi connectivity index (χ0n) is 23.2. The lowest BCUT2D eigenvalue weighted by atomic mass is 9.89. The first-order valence-corrected chi connectivity index (χ1v) is 14.4. The highest BCUT2D eigenvalue weighted by atomic mass is 19.1. The highest BCUT2D eigenvalue weighted by Crippen LogP contribution is 2.39. The minimum atomic E-state index is -0.330. The number of nitrogen functional groups attached to an aromatic ring is 1. The molecule has 5 aromatic rings. The van der Waals surface area contributed by atoms with Gasteiger partial charge in [0.2, 0.25) is 5.95 Å². The van der Waals surface area contributed by atoms with E-state index in [0.717, 1.165) is 53.8 Å². The Balaban J connectivity index is 1.12. The van der Waals surface area contributed by atoms with Crippen LogP contribution < -0.4 is 11.1 Å². The van der Waals surface area contributed by atoms with Gasteiger partial charge in [0.15, 0.2) is 0 Å². The lowest BCUT2D eigenvalue weighted by Crippen LogP contribution is -2.49. The molecule has 4 heterocycles. The molecule has 3 aromatic heterocycles. The highest BCUT2D eigenvalue weighted by molar-refractivity contribution is 6.00. The van der Waals surface area contributed by atoms with E-state index in [1.165, 1.54) is 38.2 Å². The van der Waals surface area contributed by atoms with Gasteiger partial charge in [0, 0.05) is 61.9 Å². The van der Waals surface area contributed by atoms with Gasteiger partial charge in [0.25, 0.3) is 0 Å². The molecule has 2 aromatic carbocycles. The van der Waals surface area contributed by atoms with E-state index in [-0.39, 0.29) is 5.82 Å². The van der Waals surface area contributed by atoms with Crippen LogP contribution in [0.2, 0.25) is 0 Å². The fourth-order valence-corrected chi connectivity index (χ4v) is 6.44. The van der Waals surface area contributed by atoms with Gasteiger partial charge in [0.05, 0.1) is 16.3 Å². The molecule has 0 amide bonds. The van der Waals surface area contributed by atoms with Crippen molar-refractivity contribution < 1.29 is 4.39 Å². The Kier molecular flexibility index (Phi) is 6.72. The summed E-state index contributed by atoms with van der Waals surface area (Å²) in [5.41, 5.74) is 10.8. The molecular weight excluding hydrogens is 517 g/mol. The fourth-order valence-electron chi connectivity index (χ4n) is 6.44. The summed E-state index contributed by atoms with van der Waals surface area (Å²) in [5.74, 6) is 0.579. The number of anilines is 3. The minimum absolute atomic E-state index is 0.330. The predicted molar refractivity (Wildman–Crippen MR) is 161 cm³/mol. The summed E-state index contributed by atoms with van der Waals surface area (Å²) in [5, 5.41) is 4.53. The summed E-state index contributed by atoms with van der Waals surface area (Å²) in [7, 11) is 2.21. The van der Waals surface area contributed by atoms with Crippen LogP contribution in [0, 0.1) is 5.82 Å². The second-order valence-corrected chi connectivity index (χ2v) is 11.3. The topological polar surface area (TPSA) is 101 Å². The summed E-state index contributed by atoms with van der Waals surface area (Å²) >= 11 is 0. The number of rotatable bonds is 5. The van der Waals surface area contributed by atoms with Crippen LogP contribution >= 0.6 is 0 Å². The molecule has 1 aliphatic heterocycles. The Morgan fingerprint density at radius 2 is 1.66 bits per heavy atom. The molecule has 2 fully saturated rings. The molecule has 41 heavy (non-hydrogen) atoms. The number of hydrogen-bond donors (Lipinski definition) is 2. The van der Waals surface area contributed by atoms with Crippen molar-refractivity contribution in [2.24, 2.45) is 0 Å². The third kappa shape index (κ3) is 4.98.